The molecule has 1 atom stereocenters. The molecule has 0 unspecified atom stereocenters. The van der Waals surface area contributed by atoms with Gasteiger partial charge in [-0.25, -0.2) is 8.42 Å². The molecule has 3 rings (SSSR count). The molecule has 0 fully saturated rings. The van der Waals surface area contributed by atoms with E-state index in [1.54, 1.807) is 57.2 Å². The number of rotatable bonds is 13. The highest BCUT2D eigenvalue weighted by molar-refractivity contribution is 7.92. The number of carbonyl (C=O) groups excluding carboxylic acids is 2. The van der Waals surface area contributed by atoms with Crippen molar-refractivity contribution in [3.05, 3.63) is 90.0 Å². The molecule has 0 aliphatic rings. The summed E-state index contributed by atoms with van der Waals surface area (Å²) in [5.41, 5.74) is 2.17. The molecule has 0 aliphatic heterocycles. The molecule has 3 aromatic carbocycles. The molecule has 8 nitrogen and oxygen atoms in total. The standard InChI is InChI=1S/C30H37N3O5S/c1-5-31-30(35)24(4)32(21-20-25-12-8-7-9-13-25)29(34)22-33(27-14-10-11-15-28(27)38-6-2)39(36,37)26-18-16-23(3)17-19-26/h7-19,24H,5-6,20-22H2,1-4H3,(H,31,35)/t24-/m1/s1. The quantitative estimate of drug-likeness (QED) is 0.344. The van der Waals surface area contributed by atoms with Crippen LogP contribution in [0.5, 0.6) is 5.75 Å². The van der Waals surface area contributed by atoms with E-state index in [1.807, 2.05) is 37.3 Å². The van der Waals surface area contributed by atoms with Crippen LogP contribution in [0.4, 0.5) is 5.69 Å². The molecule has 39 heavy (non-hydrogen) atoms. The third-order valence-corrected chi connectivity index (χ3v) is 8.10. The predicted octanol–water partition coefficient (Wildman–Crippen LogP) is 4.18. The fourth-order valence-electron chi connectivity index (χ4n) is 4.18. The van der Waals surface area contributed by atoms with Gasteiger partial charge in [0.25, 0.3) is 10.0 Å². The van der Waals surface area contributed by atoms with Gasteiger partial charge >= 0.3 is 0 Å². The number of hydrogen-bond acceptors (Lipinski definition) is 5. The average molecular weight is 552 g/mol. The molecule has 0 spiro atoms. The van der Waals surface area contributed by atoms with Crippen LogP contribution in [-0.4, -0.2) is 57.4 Å². The van der Waals surface area contributed by atoms with E-state index in [0.29, 0.717) is 25.3 Å². The Hall–Kier alpha value is -3.85. The summed E-state index contributed by atoms with van der Waals surface area (Å²) in [6.07, 6.45) is 0.510. The molecule has 0 aliphatic carbocycles. The van der Waals surface area contributed by atoms with Crippen LogP contribution >= 0.6 is 0 Å². The maximum atomic E-state index is 14.0. The zero-order valence-corrected chi connectivity index (χ0v) is 23.8. The number of carbonyl (C=O) groups is 2. The van der Waals surface area contributed by atoms with Crippen molar-refractivity contribution in [1.29, 1.82) is 0 Å². The van der Waals surface area contributed by atoms with Crippen molar-refractivity contribution in [3.63, 3.8) is 0 Å². The summed E-state index contributed by atoms with van der Waals surface area (Å²) in [4.78, 5) is 28.2. The van der Waals surface area contributed by atoms with E-state index >= 15 is 0 Å². The van der Waals surface area contributed by atoms with Crippen molar-refractivity contribution < 1.29 is 22.7 Å². The van der Waals surface area contributed by atoms with Gasteiger partial charge in [0.1, 0.15) is 18.3 Å². The van der Waals surface area contributed by atoms with E-state index in [2.05, 4.69) is 5.32 Å². The number of hydrogen-bond donors (Lipinski definition) is 1. The van der Waals surface area contributed by atoms with Crippen molar-refractivity contribution in [2.24, 2.45) is 0 Å². The number of nitrogens with zero attached hydrogens (tertiary/aromatic N) is 2. The lowest BCUT2D eigenvalue weighted by atomic mass is 10.1. The summed E-state index contributed by atoms with van der Waals surface area (Å²) in [6.45, 7) is 7.61. The van der Waals surface area contributed by atoms with E-state index in [9.17, 15) is 18.0 Å². The van der Waals surface area contributed by atoms with Gasteiger partial charge < -0.3 is 15.0 Å². The third-order valence-electron chi connectivity index (χ3n) is 6.32. The van der Waals surface area contributed by atoms with Crippen LogP contribution in [0, 0.1) is 6.92 Å². The van der Waals surface area contributed by atoms with E-state index in [4.69, 9.17) is 4.74 Å². The molecule has 2 amide bonds. The maximum absolute atomic E-state index is 14.0. The Morgan fingerprint density at radius 2 is 1.56 bits per heavy atom. The van der Waals surface area contributed by atoms with Crippen LogP contribution in [-0.2, 0) is 26.0 Å². The number of ether oxygens (including phenoxy) is 1. The van der Waals surface area contributed by atoms with Crippen LogP contribution in [0.25, 0.3) is 0 Å². The largest absolute Gasteiger partial charge is 0.492 e. The number of nitrogens with one attached hydrogen (secondary N) is 1. The van der Waals surface area contributed by atoms with Gasteiger partial charge in [0.2, 0.25) is 11.8 Å². The lowest BCUT2D eigenvalue weighted by molar-refractivity contribution is -0.138. The molecule has 0 saturated carbocycles. The summed E-state index contributed by atoms with van der Waals surface area (Å²) in [6, 6.07) is 22.0. The molecule has 208 valence electrons. The minimum absolute atomic E-state index is 0.0554. The molecule has 0 heterocycles. The Bertz CT molecular complexity index is 1340. The number of sulfonamides is 1. The first-order valence-corrected chi connectivity index (χ1v) is 14.5. The lowest BCUT2D eigenvalue weighted by Gasteiger charge is -2.32. The van der Waals surface area contributed by atoms with Crippen LogP contribution in [0.3, 0.4) is 0 Å². The summed E-state index contributed by atoms with van der Waals surface area (Å²) in [5, 5.41) is 2.77. The summed E-state index contributed by atoms with van der Waals surface area (Å²) >= 11 is 0. The first kappa shape index (κ1) is 29.7. The first-order chi connectivity index (χ1) is 18.7. The molecule has 0 bridgehead atoms. The van der Waals surface area contributed by atoms with Crippen molar-refractivity contribution in [1.82, 2.24) is 10.2 Å². The lowest BCUT2D eigenvalue weighted by Crippen LogP contribution is -2.52. The number of para-hydroxylation sites is 2. The molecule has 0 radical (unpaired) electrons. The van der Waals surface area contributed by atoms with E-state index in [0.717, 1.165) is 15.4 Å². The molecular formula is C30H37N3O5S. The third kappa shape index (κ3) is 7.60. The number of likely N-dealkylation sites (N-methyl/N-ethyl adjacent to an activating group) is 1. The summed E-state index contributed by atoms with van der Waals surface area (Å²) in [7, 11) is -4.16. The summed E-state index contributed by atoms with van der Waals surface area (Å²) in [5.74, 6) is -0.454. The van der Waals surface area contributed by atoms with Crippen LogP contribution < -0.4 is 14.4 Å². The minimum atomic E-state index is -4.16. The van der Waals surface area contributed by atoms with Crippen molar-refractivity contribution in [2.45, 2.75) is 45.1 Å². The number of aryl methyl sites for hydroxylation is 1. The zero-order valence-electron chi connectivity index (χ0n) is 23.0. The number of amides is 2. The highest BCUT2D eigenvalue weighted by Gasteiger charge is 2.33. The average Bonchev–Trinajstić information content (AvgIpc) is 2.93. The highest BCUT2D eigenvalue weighted by Crippen LogP contribution is 2.33. The number of benzene rings is 3. The van der Waals surface area contributed by atoms with Crippen molar-refractivity contribution in [2.75, 3.05) is 30.5 Å². The monoisotopic (exact) mass is 551 g/mol. The van der Waals surface area contributed by atoms with Gasteiger partial charge in [-0.05, 0) is 63.9 Å². The molecule has 3 aromatic rings. The highest BCUT2D eigenvalue weighted by atomic mass is 32.2. The van der Waals surface area contributed by atoms with Gasteiger partial charge in [-0.15, -0.1) is 0 Å². The fourth-order valence-corrected chi connectivity index (χ4v) is 5.61. The SMILES string of the molecule is CCNC(=O)[C@@H](C)N(CCc1ccccc1)C(=O)CN(c1ccccc1OCC)S(=O)(=O)c1ccc(C)cc1. The van der Waals surface area contributed by atoms with Crippen LogP contribution in [0.2, 0.25) is 0 Å². The second-order valence-electron chi connectivity index (χ2n) is 9.12. The fraction of sp³-hybridized carbons (Fsp3) is 0.333. The van der Waals surface area contributed by atoms with Gasteiger partial charge in [-0.2, -0.15) is 0 Å². The smallest absolute Gasteiger partial charge is 0.264 e. The predicted molar refractivity (Wildman–Crippen MR) is 153 cm³/mol. The minimum Gasteiger partial charge on any atom is -0.492 e. The van der Waals surface area contributed by atoms with Crippen molar-refractivity contribution in [3.8, 4) is 5.75 Å². The van der Waals surface area contributed by atoms with Crippen LogP contribution in [0.15, 0.2) is 83.8 Å². The van der Waals surface area contributed by atoms with Gasteiger partial charge in [0, 0.05) is 13.1 Å². The van der Waals surface area contributed by atoms with Gasteiger partial charge in [0.05, 0.1) is 17.2 Å². The molecule has 0 aromatic heterocycles. The Balaban J connectivity index is 2.02. The Morgan fingerprint density at radius 1 is 0.923 bits per heavy atom. The van der Waals surface area contributed by atoms with Gasteiger partial charge in [-0.1, -0.05) is 60.2 Å². The maximum Gasteiger partial charge on any atom is 0.264 e. The molecule has 0 saturated heterocycles. The first-order valence-electron chi connectivity index (χ1n) is 13.1. The second kappa shape index (κ2) is 13.8. The van der Waals surface area contributed by atoms with Crippen molar-refractivity contribution >= 4 is 27.5 Å². The normalized spacial score (nSPS) is 11.9. The van der Waals surface area contributed by atoms with Crippen LogP contribution in [0.1, 0.15) is 31.9 Å². The van der Waals surface area contributed by atoms with E-state index in [-0.39, 0.29) is 23.0 Å². The van der Waals surface area contributed by atoms with Gasteiger partial charge in [-0.3, -0.25) is 13.9 Å². The molecular weight excluding hydrogens is 514 g/mol. The topological polar surface area (TPSA) is 96.0 Å². The second-order valence-corrected chi connectivity index (χ2v) is 11.0. The summed E-state index contributed by atoms with van der Waals surface area (Å²) < 4.78 is 34.7. The number of anilines is 1. The van der Waals surface area contributed by atoms with Gasteiger partial charge in [0.15, 0.2) is 0 Å². The molecule has 9 heteroatoms. The Kier molecular flexibility index (Phi) is 10.5. The van der Waals surface area contributed by atoms with E-state index in [1.165, 1.54) is 17.0 Å². The Labute approximate surface area is 231 Å². The van der Waals surface area contributed by atoms with E-state index < -0.39 is 28.5 Å². The zero-order chi connectivity index (χ0) is 28.4. The Morgan fingerprint density at radius 3 is 2.21 bits per heavy atom. The molecule has 1 N–H and O–H groups in total.